The number of nitrogens with one attached hydrogen (secondary N) is 1. The number of imidazole rings is 1. The molecule has 0 saturated carbocycles. The predicted octanol–water partition coefficient (Wildman–Crippen LogP) is 2.40. The zero-order valence-electron chi connectivity index (χ0n) is 15.9. The van der Waals surface area contributed by atoms with E-state index >= 15 is 0 Å². The van der Waals surface area contributed by atoms with Gasteiger partial charge in [0.05, 0.1) is 0 Å². The van der Waals surface area contributed by atoms with Crippen molar-refractivity contribution in [1.82, 2.24) is 24.8 Å². The van der Waals surface area contributed by atoms with Crippen LogP contribution in [0, 0.1) is 0 Å². The van der Waals surface area contributed by atoms with E-state index in [1.54, 1.807) is 40.3 Å². The Kier molecular flexibility index (Phi) is 5.43. The number of nitrogens with zero attached hydrogens (tertiary/aromatic N) is 4. The highest BCUT2D eigenvalue weighted by Crippen LogP contribution is 2.16. The maximum absolute atomic E-state index is 12.5. The first kappa shape index (κ1) is 18.9. The number of likely N-dealkylation sites (tertiary alicyclic amines) is 1. The van der Waals surface area contributed by atoms with Gasteiger partial charge in [-0.15, -0.1) is 0 Å². The third-order valence-corrected chi connectivity index (χ3v) is 4.22. The van der Waals surface area contributed by atoms with Gasteiger partial charge >= 0.3 is 6.09 Å². The molecule has 1 aliphatic rings. The van der Waals surface area contributed by atoms with E-state index in [2.05, 4.69) is 15.3 Å². The van der Waals surface area contributed by atoms with Crippen molar-refractivity contribution in [2.24, 2.45) is 0 Å². The average Bonchev–Trinajstić information content (AvgIpc) is 3.15. The summed E-state index contributed by atoms with van der Waals surface area (Å²) in [4.78, 5) is 34.7. The zero-order chi connectivity index (χ0) is 19.4. The molecule has 0 spiro atoms. The number of pyridine rings is 1. The number of amides is 2. The molecule has 2 amide bonds. The van der Waals surface area contributed by atoms with Crippen LogP contribution in [0.15, 0.2) is 36.9 Å². The van der Waals surface area contributed by atoms with Gasteiger partial charge in [-0.2, -0.15) is 0 Å². The van der Waals surface area contributed by atoms with Gasteiger partial charge in [0.25, 0.3) is 5.91 Å². The van der Waals surface area contributed by atoms with E-state index in [9.17, 15) is 9.59 Å². The summed E-state index contributed by atoms with van der Waals surface area (Å²) in [6.07, 6.45) is 6.14. The van der Waals surface area contributed by atoms with E-state index in [4.69, 9.17) is 4.74 Å². The second-order valence-corrected chi connectivity index (χ2v) is 7.57. The Hall–Kier alpha value is -2.90. The highest BCUT2D eigenvalue weighted by Gasteiger charge is 2.27. The van der Waals surface area contributed by atoms with E-state index in [0.29, 0.717) is 37.4 Å². The van der Waals surface area contributed by atoms with Crippen molar-refractivity contribution in [3.8, 4) is 5.82 Å². The fraction of sp³-hybridized carbons (Fsp3) is 0.474. The monoisotopic (exact) mass is 371 g/mol. The van der Waals surface area contributed by atoms with Crippen LogP contribution in [-0.2, 0) is 4.74 Å². The van der Waals surface area contributed by atoms with Crippen LogP contribution in [0.4, 0.5) is 4.79 Å². The lowest BCUT2D eigenvalue weighted by Gasteiger charge is -2.33. The molecule has 0 aliphatic carbocycles. The number of hydrogen-bond donors (Lipinski definition) is 1. The van der Waals surface area contributed by atoms with Crippen LogP contribution in [0.2, 0.25) is 0 Å². The number of carbonyl (C=O) groups excluding carboxylic acids is 2. The summed E-state index contributed by atoms with van der Waals surface area (Å²) in [5.41, 5.74) is -0.149. The molecule has 27 heavy (non-hydrogen) atoms. The summed E-state index contributed by atoms with van der Waals surface area (Å²) < 4.78 is 7.14. The van der Waals surface area contributed by atoms with Gasteiger partial charge in [0.1, 0.15) is 23.4 Å². The molecule has 8 heteroatoms. The van der Waals surface area contributed by atoms with Crippen LogP contribution in [0.5, 0.6) is 0 Å². The Bertz CT molecular complexity index is 790. The van der Waals surface area contributed by atoms with Crippen molar-refractivity contribution in [2.75, 3.05) is 13.1 Å². The first-order valence-electron chi connectivity index (χ1n) is 9.06. The minimum Gasteiger partial charge on any atom is -0.444 e. The summed E-state index contributed by atoms with van der Waals surface area (Å²) >= 11 is 0. The van der Waals surface area contributed by atoms with Crippen molar-refractivity contribution >= 4 is 12.0 Å². The second kappa shape index (κ2) is 7.77. The molecule has 0 bridgehead atoms. The number of ether oxygens (including phenoxy) is 1. The first-order chi connectivity index (χ1) is 12.8. The minimum absolute atomic E-state index is 0.00916. The first-order valence-corrected chi connectivity index (χ1v) is 9.06. The molecule has 1 N–H and O–H groups in total. The summed E-state index contributed by atoms with van der Waals surface area (Å²) in [7, 11) is 0. The fourth-order valence-electron chi connectivity index (χ4n) is 2.88. The molecule has 1 fully saturated rings. The average molecular weight is 371 g/mol. The molecule has 0 aromatic carbocycles. The number of carbonyl (C=O) groups is 2. The van der Waals surface area contributed by atoms with Crippen LogP contribution in [-0.4, -0.2) is 56.2 Å². The van der Waals surface area contributed by atoms with Crippen LogP contribution < -0.4 is 5.32 Å². The highest BCUT2D eigenvalue weighted by molar-refractivity contribution is 5.92. The molecule has 2 aromatic rings. The molecular weight excluding hydrogens is 346 g/mol. The molecule has 0 atom stereocenters. The van der Waals surface area contributed by atoms with Gasteiger partial charge in [-0.25, -0.2) is 14.8 Å². The summed E-state index contributed by atoms with van der Waals surface area (Å²) in [5, 5.41) is 3.01. The Morgan fingerprint density at radius 1 is 1.22 bits per heavy atom. The third-order valence-electron chi connectivity index (χ3n) is 4.22. The summed E-state index contributed by atoms with van der Waals surface area (Å²) in [6.45, 7) is 6.67. The molecule has 0 radical (unpaired) electrons. The summed E-state index contributed by atoms with van der Waals surface area (Å²) in [6, 6.07) is 5.31. The van der Waals surface area contributed by atoms with Crippen LogP contribution in [0.25, 0.3) is 5.82 Å². The molecule has 0 unspecified atom stereocenters. The molecule has 2 aromatic heterocycles. The van der Waals surface area contributed by atoms with Crippen LogP contribution >= 0.6 is 0 Å². The van der Waals surface area contributed by atoms with E-state index in [1.165, 1.54) is 0 Å². The van der Waals surface area contributed by atoms with E-state index in [0.717, 1.165) is 0 Å². The third kappa shape index (κ3) is 5.06. The predicted molar refractivity (Wildman–Crippen MR) is 99.7 cm³/mol. The number of aromatic nitrogens is 3. The van der Waals surface area contributed by atoms with Crippen molar-refractivity contribution in [3.63, 3.8) is 0 Å². The smallest absolute Gasteiger partial charge is 0.410 e. The van der Waals surface area contributed by atoms with Gasteiger partial charge in [0.15, 0.2) is 0 Å². The lowest BCUT2D eigenvalue weighted by atomic mass is 10.1. The largest absolute Gasteiger partial charge is 0.444 e. The second-order valence-electron chi connectivity index (χ2n) is 7.57. The van der Waals surface area contributed by atoms with E-state index < -0.39 is 5.60 Å². The fourth-order valence-corrected chi connectivity index (χ4v) is 2.88. The standard InChI is InChI=1S/C19H25N5O3/c1-19(2,3)27-18(26)23-10-7-14(8-11-23)21-17(25)15-5-4-6-16(22-15)24-12-9-20-13-24/h4-6,9,12-14H,7-8,10-11H2,1-3H3,(H,21,25). The van der Waals surface area contributed by atoms with E-state index in [1.807, 2.05) is 26.8 Å². The lowest BCUT2D eigenvalue weighted by molar-refractivity contribution is 0.0199. The topological polar surface area (TPSA) is 89.4 Å². The molecule has 1 aliphatic heterocycles. The van der Waals surface area contributed by atoms with Crippen LogP contribution in [0.3, 0.4) is 0 Å². The highest BCUT2D eigenvalue weighted by atomic mass is 16.6. The van der Waals surface area contributed by atoms with Gasteiger partial charge in [-0.05, 0) is 45.7 Å². The maximum Gasteiger partial charge on any atom is 0.410 e. The van der Waals surface area contributed by atoms with Crippen molar-refractivity contribution in [3.05, 3.63) is 42.6 Å². The Morgan fingerprint density at radius 3 is 2.59 bits per heavy atom. The molecule has 8 nitrogen and oxygen atoms in total. The zero-order valence-corrected chi connectivity index (χ0v) is 15.9. The SMILES string of the molecule is CC(C)(C)OC(=O)N1CCC(NC(=O)c2cccc(-n3ccnc3)n2)CC1. The van der Waals surface area contributed by atoms with Crippen molar-refractivity contribution in [2.45, 2.75) is 45.3 Å². The molecule has 144 valence electrons. The van der Waals surface area contributed by atoms with Crippen LogP contribution in [0.1, 0.15) is 44.1 Å². The number of piperidine rings is 1. The minimum atomic E-state index is -0.506. The summed E-state index contributed by atoms with van der Waals surface area (Å²) in [5.74, 6) is 0.424. The van der Waals surface area contributed by atoms with Gasteiger partial charge in [0.2, 0.25) is 0 Å². The quantitative estimate of drug-likeness (QED) is 0.895. The molecule has 3 rings (SSSR count). The lowest BCUT2D eigenvalue weighted by Crippen LogP contribution is -2.47. The normalized spacial score (nSPS) is 15.4. The van der Waals surface area contributed by atoms with Gasteiger partial charge < -0.3 is 15.0 Å². The van der Waals surface area contributed by atoms with Crippen molar-refractivity contribution < 1.29 is 14.3 Å². The Labute approximate surface area is 158 Å². The van der Waals surface area contributed by atoms with Crippen molar-refractivity contribution in [1.29, 1.82) is 0 Å². The number of hydrogen-bond acceptors (Lipinski definition) is 5. The van der Waals surface area contributed by atoms with Gasteiger partial charge in [0, 0.05) is 31.5 Å². The molecule has 3 heterocycles. The Morgan fingerprint density at radius 2 is 1.96 bits per heavy atom. The number of rotatable bonds is 3. The van der Waals surface area contributed by atoms with Gasteiger partial charge in [-0.3, -0.25) is 9.36 Å². The van der Waals surface area contributed by atoms with E-state index in [-0.39, 0.29) is 18.0 Å². The Balaban J connectivity index is 1.54. The van der Waals surface area contributed by atoms with Gasteiger partial charge in [-0.1, -0.05) is 6.07 Å². The molecular formula is C19H25N5O3. The maximum atomic E-state index is 12.5. The molecule has 1 saturated heterocycles.